The standard InChI is InChI=1S/C31H31F3N4O4/c1-20(2)27-30(42)38(37(21(3)39)25(28(40)31(32,33)34)18-22-10-6-4-7-11-22)26(23-12-8-5-9-13-23)19-36(27)29(41)24-14-16-35-17-15-24/h4-17,19-20,25,27-28,40H,18H2,1-3H3. The van der Waals surface area contributed by atoms with Gasteiger partial charge < -0.3 is 5.11 Å². The van der Waals surface area contributed by atoms with Gasteiger partial charge in [0.1, 0.15) is 6.04 Å². The number of pyridine rings is 1. The van der Waals surface area contributed by atoms with E-state index in [2.05, 4.69) is 4.98 Å². The summed E-state index contributed by atoms with van der Waals surface area (Å²) in [5.41, 5.74) is 1.04. The molecule has 0 radical (unpaired) electrons. The number of rotatable bonds is 8. The molecule has 2 heterocycles. The van der Waals surface area contributed by atoms with Crippen molar-refractivity contribution in [1.29, 1.82) is 0 Å². The summed E-state index contributed by atoms with van der Waals surface area (Å²) in [4.78, 5) is 46.5. The molecule has 220 valence electrons. The van der Waals surface area contributed by atoms with E-state index in [1.807, 2.05) is 0 Å². The van der Waals surface area contributed by atoms with Crippen molar-refractivity contribution < 1.29 is 32.7 Å². The molecule has 0 aliphatic carbocycles. The Morgan fingerprint density at radius 2 is 1.55 bits per heavy atom. The number of carbonyl (C=O) groups is 3. The van der Waals surface area contributed by atoms with Crippen LogP contribution >= 0.6 is 0 Å². The van der Waals surface area contributed by atoms with Gasteiger partial charge in [0, 0.05) is 36.6 Å². The van der Waals surface area contributed by atoms with Crippen molar-refractivity contribution in [1.82, 2.24) is 19.9 Å². The molecule has 2 aromatic carbocycles. The first kappa shape index (κ1) is 30.4. The summed E-state index contributed by atoms with van der Waals surface area (Å²) in [6.45, 7) is 4.42. The molecule has 0 fully saturated rings. The molecule has 3 aromatic rings. The zero-order valence-electron chi connectivity index (χ0n) is 23.3. The number of aliphatic hydroxyl groups excluding tert-OH is 1. The highest BCUT2D eigenvalue weighted by Gasteiger charge is 2.51. The molecule has 4 rings (SSSR count). The molecule has 0 saturated heterocycles. The fourth-order valence-corrected chi connectivity index (χ4v) is 5.02. The minimum absolute atomic E-state index is 0.00235. The van der Waals surface area contributed by atoms with Crippen molar-refractivity contribution in [3.8, 4) is 0 Å². The number of aromatic nitrogens is 1. The fraction of sp³-hybridized carbons (Fsp3) is 0.290. The van der Waals surface area contributed by atoms with Crippen molar-refractivity contribution in [2.75, 3.05) is 0 Å². The molecule has 0 spiro atoms. The van der Waals surface area contributed by atoms with E-state index in [0.717, 1.165) is 11.9 Å². The summed E-state index contributed by atoms with van der Waals surface area (Å²) in [6, 6.07) is 16.2. The van der Waals surface area contributed by atoms with Crippen molar-refractivity contribution in [2.45, 2.75) is 51.6 Å². The largest absolute Gasteiger partial charge is 0.416 e. The van der Waals surface area contributed by atoms with Crippen LogP contribution in [0.3, 0.4) is 0 Å². The maximum atomic E-state index is 14.4. The van der Waals surface area contributed by atoms with E-state index in [1.165, 1.54) is 35.6 Å². The Kier molecular flexibility index (Phi) is 9.11. The Hall–Kier alpha value is -4.51. The molecule has 1 aromatic heterocycles. The number of hydrogen-bond donors (Lipinski definition) is 1. The van der Waals surface area contributed by atoms with Crippen LogP contribution in [0.25, 0.3) is 5.70 Å². The number of hydrazine groups is 1. The molecule has 11 heteroatoms. The maximum absolute atomic E-state index is 14.4. The highest BCUT2D eigenvalue weighted by Crippen LogP contribution is 2.36. The number of nitrogens with zero attached hydrogens (tertiary/aromatic N) is 4. The molecular weight excluding hydrogens is 549 g/mol. The number of carbonyl (C=O) groups excluding carboxylic acids is 3. The first-order chi connectivity index (χ1) is 19.9. The average Bonchev–Trinajstić information content (AvgIpc) is 2.97. The lowest BCUT2D eigenvalue weighted by molar-refractivity contribution is -0.232. The van der Waals surface area contributed by atoms with Gasteiger partial charge in [-0.3, -0.25) is 24.3 Å². The average molecular weight is 581 g/mol. The first-order valence-corrected chi connectivity index (χ1v) is 13.3. The van der Waals surface area contributed by atoms with E-state index in [9.17, 15) is 32.7 Å². The number of benzene rings is 2. The van der Waals surface area contributed by atoms with Crippen LogP contribution in [0.2, 0.25) is 0 Å². The van der Waals surface area contributed by atoms with E-state index in [4.69, 9.17) is 0 Å². The topological polar surface area (TPSA) is 94.0 Å². The lowest BCUT2D eigenvalue weighted by atomic mass is 9.96. The Bertz CT molecular complexity index is 1430. The number of alkyl halides is 3. The van der Waals surface area contributed by atoms with Crippen LogP contribution < -0.4 is 0 Å². The van der Waals surface area contributed by atoms with E-state index >= 15 is 0 Å². The van der Waals surface area contributed by atoms with Gasteiger partial charge >= 0.3 is 6.18 Å². The van der Waals surface area contributed by atoms with Gasteiger partial charge in [-0.15, -0.1) is 0 Å². The first-order valence-electron chi connectivity index (χ1n) is 13.3. The molecule has 0 saturated carbocycles. The van der Waals surface area contributed by atoms with Gasteiger partial charge in [0.2, 0.25) is 5.91 Å². The fourth-order valence-electron chi connectivity index (χ4n) is 5.02. The molecule has 1 aliphatic rings. The molecule has 3 amide bonds. The smallest absolute Gasteiger partial charge is 0.382 e. The van der Waals surface area contributed by atoms with Gasteiger partial charge in [-0.05, 0) is 30.0 Å². The van der Waals surface area contributed by atoms with Gasteiger partial charge in [-0.2, -0.15) is 13.2 Å². The molecule has 3 unspecified atom stereocenters. The van der Waals surface area contributed by atoms with Crippen LogP contribution in [-0.2, 0) is 16.0 Å². The van der Waals surface area contributed by atoms with Crippen molar-refractivity contribution in [3.05, 3.63) is 108 Å². The van der Waals surface area contributed by atoms with Crippen LogP contribution in [0.5, 0.6) is 0 Å². The Balaban J connectivity index is 1.94. The van der Waals surface area contributed by atoms with Gasteiger partial charge in [0.15, 0.2) is 6.10 Å². The number of halogens is 3. The second-order valence-corrected chi connectivity index (χ2v) is 10.3. The molecule has 1 N–H and O–H groups in total. The zero-order valence-corrected chi connectivity index (χ0v) is 23.3. The van der Waals surface area contributed by atoms with Crippen LogP contribution in [-0.4, -0.2) is 67.1 Å². The minimum atomic E-state index is -5.11. The molecule has 42 heavy (non-hydrogen) atoms. The second kappa shape index (κ2) is 12.6. The lowest BCUT2D eigenvalue weighted by Crippen LogP contribution is -2.65. The summed E-state index contributed by atoms with van der Waals surface area (Å²) in [6.07, 6.45) is -4.26. The number of hydrogen-bond acceptors (Lipinski definition) is 5. The second-order valence-electron chi connectivity index (χ2n) is 10.3. The van der Waals surface area contributed by atoms with E-state index in [-0.39, 0.29) is 11.3 Å². The van der Waals surface area contributed by atoms with Crippen molar-refractivity contribution in [2.24, 2.45) is 5.92 Å². The lowest BCUT2D eigenvalue weighted by Gasteiger charge is -2.48. The van der Waals surface area contributed by atoms with E-state index in [0.29, 0.717) is 16.1 Å². The Morgan fingerprint density at radius 1 is 0.976 bits per heavy atom. The Morgan fingerprint density at radius 3 is 2.07 bits per heavy atom. The third-order valence-corrected chi connectivity index (χ3v) is 6.95. The molecular formula is C31H31F3N4O4. The predicted molar refractivity (Wildman–Crippen MR) is 149 cm³/mol. The SMILES string of the molecule is CC(=O)N(C(Cc1ccccc1)C(O)C(F)(F)F)N1C(=O)C(C(C)C)N(C(=O)c2ccncc2)C=C1c1ccccc1. The quantitative estimate of drug-likeness (QED) is 0.418. The zero-order chi connectivity index (χ0) is 30.6. The monoisotopic (exact) mass is 580 g/mol. The van der Waals surface area contributed by atoms with Gasteiger partial charge in [0.25, 0.3) is 11.8 Å². The molecule has 3 atom stereocenters. The summed E-state index contributed by atoms with van der Waals surface area (Å²) in [5, 5.41) is 12.2. The van der Waals surface area contributed by atoms with Crippen LogP contribution in [0.4, 0.5) is 13.2 Å². The summed E-state index contributed by atoms with van der Waals surface area (Å²) in [7, 11) is 0. The van der Waals surface area contributed by atoms with Crippen LogP contribution in [0, 0.1) is 5.92 Å². The molecule has 8 nitrogen and oxygen atoms in total. The van der Waals surface area contributed by atoms with Gasteiger partial charge in [-0.25, -0.2) is 10.0 Å². The molecule has 0 bridgehead atoms. The van der Waals surface area contributed by atoms with Gasteiger partial charge in [-0.1, -0.05) is 74.5 Å². The third-order valence-electron chi connectivity index (χ3n) is 6.95. The van der Waals surface area contributed by atoms with Crippen molar-refractivity contribution in [3.63, 3.8) is 0 Å². The summed E-state index contributed by atoms with van der Waals surface area (Å²) < 4.78 is 42.3. The summed E-state index contributed by atoms with van der Waals surface area (Å²) >= 11 is 0. The molecule has 1 aliphatic heterocycles. The van der Waals surface area contributed by atoms with Crippen molar-refractivity contribution >= 4 is 23.4 Å². The van der Waals surface area contributed by atoms with E-state index in [1.54, 1.807) is 74.5 Å². The highest BCUT2D eigenvalue weighted by atomic mass is 19.4. The van der Waals surface area contributed by atoms with E-state index < -0.39 is 54.4 Å². The summed E-state index contributed by atoms with van der Waals surface area (Å²) in [5.74, 6) is -2.72. The normalized spacial score (nSPS) is 17.1. The minimum Gasteiger partial charge on any atom is -0.382 e. The maximum Gasteiger partial charge on any atom is 0.416 e. The van der Waals surface area contributed by atoms with Crippen LogP contribution in [0.1, 0.15) is 42.3 Å². The number of amides is 3. The van der Waals surface area contributed by atoms with Gasteiger partial charge in [0.05, 0.1) is 11.7 Å². The highest BCUT2D eigenvalue weighted by molar-refractivity contribution is 6.03. The van der Waals surface area contributed by atoms with Crippen LogP contribution in [0.15, 0.2) is 91.4 Å². The number of aliphatic hydroxyl groups is 1. The predicted octanol–water partition coefficient (Wildman–Crippen LogP) is 4.69. The Labute approximate surface area is 241 Å². The third kappa shape index (κ3) is 6.36.